The Morgan fingerprint density at radius 1 is 1.14 bits per heavy atom. The molecule has 0 aliphatic rings. The van der Waals surface area contributed by atoms with Crippen LogP contribution in [-0.2, 0) is 42.3 Å². The third kappa shape index (κ3) is 61.9. The summed E-state index contributed by atoms with van der Waals surface area (Å²) in [5, 5.41) is 0. The van der Waals surface area contributed by atoms with Crippen LogP contribution in [0.1, 0.15) is 0 Å². The summed E-state index contributed by atoms with van der Waals surface area (Å²) in [6, 6.07) is 0. The van der Waals surface area contributed by atoms with Gasteiger partial charge in [0.05, 0.1) is 0 Å². The monoisotopic (exact) mass is 438 g/mol. The number of hydrogen-bond acceptors (Lipinski definition) is 4. The van der Waals surface area contributed by atoms with Crippen molar-refractivity contribution in [1.29, 1.82) is 0 Å². The molecule has 4 nitrogen and oxygen atoms in total. The van der Waals surface area contributed by atoms with Crippen LogP contribution in [0.2, 0.25) is 0 Å². The van der Waals surface area contributed by atoms with Crippen molar-refractivity contribution in [3.8, 4) is 0 Å². The van der Waals surface area contributed by atoms with E-state index in [9.17, 15) is 0 Å². The van der Waals surface area contributed by atoms with E-state index < -0.39 is 13.6 Å². The SMILES string of the molecule is [Ba+2].[O]=[Cr](=[O])([O-])[O-].[W]. The minimum absolute atomic E-state index is 0. The predicted octanol–water partition coefficient (Wildman–Crippen LogP) is -3.00. The van der Waals surface area contributed by atoms with Gasteiger partial charge in [-0.2, -0.15) is 0 Å². The standard InChI is InChI=1S/Ba.Cr.4O.W/q+2;;;;2*-1;. The Hall–Kier alpha value is 2.31. The van der Waals surface area contributed by atoms with Crippen LogP contribution in [0.5, 0.6) is 0 Å². The number of rotatable bonds is 0. The molecule has 0 saturated heterocycles. The molecular weight excluding hydrogens is 437 g/mol. The van der Waals surface area contributed by atoms with E-state index in [0.717, 1.165) is 0 Å². The van der Waals surface area contributed by atoms with E-state index in [4.69, 9.17) is 15.9 Å². The van der Waals surface area contributed by atoms with Crippen LogP contribution < -0.4 is 8.32 Å². The van der Waals surface area contributed by atoms with Gasteiger partial charge in [0.15, 0.2) is 0 Å². The van der Waals surface area contributed by atoms with E-state index in [2.05, 4.69) is 0 Å². The molecule has 0 radical (unpaired) electrons. The first-order valence-corrected chi connectivity index (χ1v) is 2.75. The van der Waals surface area contributed by atoms with E-state index in [-0.39, 0.29) is 69.9 Å². The van der Waals surface area contributed by atoms with Gasteiger partial charge in [-0.3, -0.25) is 0 Å². The smallest absolute Gasteiger partial charge is 0 e. The minimum Gasteiger partial charge on any atom is 0 e. The average Bonchev–Trinajstić information content (AvgIpc) is 0.722. The molecule has 38 valence electrons. The third-order valence-electron chi connectivity index (χ3n) is 0. The van der Waals surface area contributed by atoms with E-state index in [1.807, 2.05) is 0 Å². The Balaban J connectivity index is -0.0000000800. The fraction of sp³-hybridized carbons (Fsp3) is 0. The molecule has 0 heterocycles. The van der Waals surface area contributed by atoms with Crippen molar-refractivity contribution in [1.82, 2.24) is 0 Å². The Kier molecular flexibility index (Phi) is 14.8. The van der Waals surface area contributed by atoms with Gasteiger partial charge in [0, 0.05) is 21.1 Å². The summed E-state index contributed by atoms with van der Waals surface area (Å²) < 4.78 is 34.4. The maximum atomic E-state index is 8.59. The van der Waals surface area contributed by atoms with Gasteiger partial charge in [0.2, 0.25) is 0 Å². The Labute approximate surface area is 97.4 Å². The second-order valence-electron chi connectivity index (χ2n) is 0.408. The zero-order valence-electron chi connectivity index (χ0n) is 3.16. The van der Waals surface area contributed by atoms with Gasteiger partial charge in [0.25, 0.3) is 0 Å². The molecular formula is BaCrO4W. The van der Waals surface area contributed by atoms with Gasteiger partial charge in [-0.25, -0.2) is 0 Å². The van der Waals surface area contributed by atoms with Gasteiger partial charge in [-0.05, 0) is 0 Å². The predicted molar refractivity (Wildman–Crippen MR) is 7.13 cm³/mol. The summed E-state index contributed by atoms with van der Waals surface area (Å²) in [7, 11) is 0. The van der Waals surface area contributed by atoms with Crippen molar-refractivity contribution in [2.75, 3.05) is 0 Å². The van der Waals surface area contributed by atoms with Crippen LogP contribution in [0, 0.1) is 0 Å². The normalized spacial score (nSPS) is 8.29. The van der Waals surface area contributed by atoms with E-state index in [1.54, 1.807) is 0 Å². The molecule has 0 aromatic carbocycles. The van der Waals surface area contributed by atoms with Gasteiger partial charge < -0.3 is 0 Å². The second-order valence-corrected chi connectivity index (χ2v) is 1.68. The molecule has 0 aromatic heterocycles. The van der Waals surface area contributed by atoms with Crippen LogP contribution >= 0.6 is 0 Å². The molecule has 0 aliphatic carbocycles. The van der Waals surface area contributed by atoms with Gasteiger partial charge in [-0.15, -0.1) is 0 Å². The van der Waals surface area contributed by atoms with E-state index >= 15 is 0 Å². The first-order chi connectivity index (χ1) is 2.00. The van der Waals surface area contributed by atoms with E-state index in [1.165, 1.54) is 0 Å². The third-order valence-corrected chi connectivity index (χ3v) is 0. The summed E-state index contributed by atoms with van der Waals surface area (Å²) >= 11 is -5.75. The first-order valence-electron chi connectivity index (χ1n) is 0.667. The fourth-order valence-electron chi connectivity index (χ4n) is 0. The molecule has 0 amide bonds. The quantitative estimate of drug-likeness (QED) is 0.379. The van der Waals surface area contributed by atoms with Gasteiger partial charge in [0.1, 0.15) is 0 Å². The first kappa shape index (κ1) is 16.1. The molecule has 7 heavy (non-hydrogen) atoms. The summed E-state index contributed by atoms with van der Waals surface area (Å²) in [6.45, 7) is 0. The van der Waals surface area contributed by atoms with Crippen LogP contribution in [0.15, 0.2) is 0 Å². The summed E-state index contributed by atoms with van der Waals surface area (Å²) in [6.07, 6.45) is 0. The van der Waals surface area contributed by atoms with Crippen LogP contribution in [-0.4, -0.2) is 48.9 Å². The second kappa shape index (κ2) is 6.43. The molecule has 0 N–H and O–H groups in total. The van der Waals surface area contributed by atoms with Crippen LogP contribution in [0.4, 0.5) is 0 Å². The van der Waals surface area contributed by atoms with Crippen molar-refractivity contribution in [3.63, 3.8) is 0 Å². The molecule has 0 atom stereocenters. The number of hydrogen-bond donors (Lipinski definition) is 0. The fourth-order valence-corrected chi connectivity index (χ4v) is 0. The van der Waals surface area contributed by atoms with Crippen molar-refractivity contribution in [3.05, 3.63) is 0 Å². The molecule has 0 saturated carbocycles. The zero-order chi connectivity index (χ0) is 4.50. The molecule has 0 bridgehead atoms. The van der Waals surface area contributed by atoms with Crippen LogP contribution in [0.25, 0.3) is 0 Å². The van der Waals surface area contributed by atoms with Gasteiger partial charge in [-0.1, -0.05) is 0 Å². The van der Waals surface area contributed by atoms with Crippen molar-refractivity contribution in [2.24, 2.45) is 0 Å². The van der Waals surface area contributed by atoms with Crippen molar-refractivity contribution in [2.45, 2.75) is 0 Å². The Bertz CT molecular complexity index is 94.9. The molecule has 0 aliphatic heterocycles. The van der Waals surface area contributed by atoms with Crippen LogP contribution in [0.3, 0.4) is 0 Å². The Morgan fingerprint density at radius 3 is 1.14 bits per heavy atom. The van der Waals surface area contributed by atoms with Gasteiger partial charge >= 0.3 is 78.4 Å². The molecule has 0 rings (SSSR count). The molecule has 0 unspecified atom stereocenters. The molecule has 7 heteroatoms. The van der Waals surface area contributed by atoms with Crippen molar-refractivity contribution < 1.29 is 50.6 Å². The molecule has 0 spiro atoms. The zero-order valence-corrected chi connectivity index (χ0v) is 11.8. The Morgan fingerprint density at radius 2 is 1.14 bits per heavy atom. The topological polar surface area (TPSA) is 80.3 Å². The summed E-state index contributed by atoms with van der Waals surface area (Å²) in [5.41, 5.74) is 0. The molecule has 0 fully saturated rings. The minimum atomic E-state index is -5.75. The maximum Gasteiger partial charge on any atom is 0 e. The van der Waals surface area contributed by atoms with Crippen molar-refractivity contribution >= 4 is 48.9 Å². The largest absolute Gasteiger partial charge is 0 e. The maximum absolute atomic E-state index is 8.59. The molecule has 0 aromatic rings. The van der Waals surface area contributed by atoms with E-state index in [0.29, 0.717) is 0 Å². The average molecular weight is 437 g/mol. The summed E-state index contributed by atoms with van der Waals surface area (Å²) in [4.78, 5) is 0. The summed E-state index contributed by atoms with van der Waals surface area (Å²) in [5.74, 6) is 0.